The van der Waals surface area contributed by atoms with Crippen molar-refractivity contribution < 1.29 is 31.5 Å². The third-order valence-corrected chi connectivity index (χ3v) is 3.01. The van der Waals surface area contributed by atoms with Gasteiger partial charge in [-0.25, -0.2) is 9.78 Å². The lowest BCUT2D eigenvalue weighted by molar-refractivity contribution is -0.287. The molecule has 0 aliphatic heterocycles. The minimum Gasteiger partial charge on any atom is -0.464 e. The molecule has 2 rings (SSSR count). The van der Waals surface area contributed by atoms with Gasteiger partial charge in [0, 0.05) is 18.0 Å². The zero-order valence-corrected chi connectivity index (χ0v) is 12.1. The smallest absolute Gasteiger partial charge is 0.455 e. The highest BCUT2D eigenvalue weighted by atomic mass is 19.4. The number of hydrogen-bond acceptors (Lipinski definition) is 5. The molecule has 0 aliphatic carbocycles. The molecule has 0 spiro atoms. The van der Waals surface area contributed by atoms with E-state index in [1.807, 2.05) is 0 Å². The molecule has 2 heterocycles. The fourth-order valence-corrected chi connectivity index (χ4v) is 1.79. The number of carbonyl (C=O) groups is 1. The summed E-state index contributed by atoms with van der Waals surface area (Å²) in [5, 5.41) is 3.64. The molecule has 0 unspecified atom stereocenters. The quantitative estimate of drug-likeness (QED) is 0.677. The number of rotatable bonds is 4. The van der Waals surface area contributed by atoms with Crippen molar-refractivity contribution in [2.45, 2.75) is 18.6 Å². The monoisotopic (exact) mass is 350 g/mol. The summed E-state index contributed by atoms with van der Waals surface area (Å²) >= 11 is 0. The van der Waals surface area contributed by atoms with E-state index >= 15 is 0 Å². The molecule has 0 atom stereocenters. The molecule has 0 amide bonds. The average molecular weight is 350 g/mol. The number of esters is 1. The molecule has 6 nitrogen and oxygen atoms in total. The van der Waals surface area contributed by atoms with Crippen molar-refractivity contribution in [1.82, 2.24) is 14.8 Å². The Morgan fingerprint density at radius 3 is 2.54 bits per heavy atom. The minimum absolute atomic E-state index is 0.0467. The summed E-state index contributed by atoms with van der Waals surface area (Å²) in [6.45, 7) is -1.65. The number of alkyl halides is 5. The lowest BCUT2D eigenvalue weighted by Crippen LogP contribution is -2.40. The van der Waals surface area contributed by atoms with Crippen LogP contribution in [-0.4, -0.2) is 39.9 Å². The number of carbonyl (C=O) groups excluding carboxylic acids is 1. The van der Waals surface area contributed by atoms with Gasteiger partial charge in [0.05, 0.1) is 18.5 Å². The van der Waals surface area contributed by atoms with Crippen molar-refractivity contribution in [3.63, 3.8) is 0 Å². The van der Waals surface area contributed by atoms with Crippen LogP contribution in [0.3, 0.4) is 0 Å². The maximum Gasteiger partial charge on any atom is 0.455 e. The first-order chi connectivity index (χ1) is 11.0. The van der Waals surface area contributed by atoms with Crippen molar-refractivity contribution in [3.8, 4) is 11.3 Å². The molecule has 2 N–H and O–H groups in total. The number of methoxy groups -OCH3 is 1. The van der Waals surface area contributed by atoms with Gasteiger partial charge in [0.1, 0.15) is 6.54 Å². The Morgan fingerprint density at radius 1 is 1.33 bits per heavy atom. The zero-order chi connectivity index (χ0) is 18.1. The van der Waals surface area contributed by atoms with E-state index < -0.39 is 24.6 Å². The molecule has 2 aromatic heterocycles. The Kier molecular flexibility index (Phi) is 4.45. The number of nitrogen functional groups attached to an aromatic ring is 1. The van der Waals surface area contributed by atoms with Gasteiger partial charge < -0.3 is 10.5 Å². The van der Waals surface area contributed by atoms with E-state index in [0.717, 1.165) is 13.3 Å². The third kappa shape index (κ3) is 3.44. The standard InChI is InChI=1S/C13H11F5N4O2/c1-24-11(23)10-8(19)4-7(5-20-10)9-2-3-22(21-9)6-12(14,15)13(16,17)18/h2-5H,6,19H2,1H3. The predicted molar refractivity (Wildman–Crippen MR) is 72.2 cm³/mol. The van der Waals surface area contributed by atoms with E-state index in [1.54, 1.807) is 0 Å². The topological polar surface area (TPSA) is 83.0 Å². The summed E-state index contributed by atoms with van der Waals surface area (Å²) < 4.78 is 67.5. The van der Waals surface area contributed by atoms with E-state index in [-0.39, 0.29) is 22.6 Å². The van der Waals surface area contributed by atoms with Crippen LogP contribution in [-0.2, 0) is 11.3 Å². The number of nitrogens with two attached hydrogens (primary N) is 1. The highest BCUT2D eigenvalue weighted by molar-refractivity contribution is 5.93. The fourth-order valence-electron chi connectivity index (χ4n) is 1.79. The van der Waals surface area contributed by atoms with Gasteiger partial charge >= 0.3 is 18.1 Å². The van der Waals surface area contributed by atoms with E-state index in [1.165, 1.54) is 18.3 Å². The number of aromatic nitrogens is 3. The molecular weight excluding hydrogens is 339 g/mol. The molecule has 24 heavy (non-hydrogen) atoms. The van der Waals surface area contributed by atoms with Gasteiger partial charge in [-0.1, -0.05) is 0 Å². The highest BCUT2D eigenvalue weighted by Gasteiger charge is 2.57. The van der Waals surface area contributed by atoms with Crippen molar-refractivity contribution in [2.24, 2.45) is 0 Å². The number of anilines is 1. The van der Waals surface area contributed by atoms with E-state index in [4.69, 9.17) is 5.73 Å². The maximum atomic E-state index is 13.0. The largest absolute Gasteiger partial charge is 0.464 e. The second-order valence-corrected chi connectivity index (χ2v) is 4.75. The number of nitrogens with zero attached hydrogens (tertiary/aromatic N) is 3. The molecule has 130 valence electrons. The Morgan fingerprint density at radius 2 is 2.00 bits per heavy atom. The first-order valence-corrected chi connectivity index (χ1v) is 6.37. The molecule has 0 aromatic carbocycles. The van der Waals surface area contributed by atoms with Gasteiger partial charge in [0.2, 0.25) is 0 Å². The molecule has 11 heteroatoms. The van der Waals surface area contributed by atoms with Crippen molar-refractivity contribution in [3.05, 3.63) is 30.2 Å². The predicted octanol–water partition coefficient (Wildman–Crippen LogP) is 2.51. The molecule has 0 aliphatic rings. The van der Waals surface area contributed by atoms with Crippen LogP contribution in [0.4, 0.5) is 27.6 Å². The average Bonchev–Trinajstić information content (AvgIpc) is 2.93. The van der Waals surface area contributed by atoms with Gasteiger partial charge in [-0.2, -0.15) is 27.1 Å². The van der Waals surface area contributed by atoms with Crippen LogP contribution in [0.15, 0.2) is 24.5 Å². The van der Waals surface area contributed by atoms with Gasteiger partial charge in [-0.3, -0.25) is 4.68 Å². The van der Waals surface area contributed by atoms with E-state index in [2.05, 4.69) is 14.8 Å². The van der Waals surface area contributed by atoms with Gasteiger partial charge in [-0.15, -0.1) is 0 Å². The minimum atomic E-state index is -5.67. The third-order valence-electron chi connectivity index (χ3n) is 3.01. The summed E-state index contributed by atoms with van der Waals surface area (Å²) in [6.07, 6.45) is -3.52. The Labute approximate surface area is 132 Å². The number of ether oxygens (including phenoxy) is 1. The Balaban J connectivity index is 2.25. The molecule has 0 bridgehead atoms. The summed E-state index contributed by atoms with van der Waals surface area (Å²) in [7, 11) is 1.14. The second kappa shape index (κ2) is 6.06. The second-order valence-electron chi connectivity index (χ2n) is 4.75. The van der Waals surface area contributed by atoms with Gasteiger partial charge in [0.15, 0.2) is 5.69 Å². The van der Waals surface area contributed by atoms with Crippen molar-refractivity contribution >= 4 is 11.7 Å². The van der Waals surface area contributed by atoms with Crippen molar-refractivity contribution in [1.29, 1.82) is 0 Å². The van der Waals surface area contributed by atoms with Crippen LogP contribution in [0.5, 0.6) is 0 Å². The summed E-state index contributed by atoms with van der Waals surface area (Å²) in [4.78, 5) is 15.1. The van der Waals surface area contributed by atoms with Crippen LogP contribution >= 0.6 is 0 Å². The van der Waals surface area contributed by atoms with Crippen LogP contribution in [0, 0.1) is 0 Å². The molecule has 0 fully saturated rings. The van der Waals surface area contributed by atoms with Crippen molar-refractivity contribution in [2.75, 3.05) is 12.8 Å². The fraction of sp³-hybridized carbons (Fsp3) is 0.308. The Hall–Kier alpha value is -2.72. The highest BCUT2D eigenvalue weighted by Crippen LogP contribution is 2.36. The molecule has 0 saturated heterocycles. The molecule has 0 saturated carbocycles. The van der Waals surface area contributed by atoms with Gasteiger partial charge in [-0.05, 0) is 12.1 Å². The molecular formula is C13H11F5N4O2. The SMILES string of the molecule is COC(=O)c1ncc(-c2ccn(CC(F)(F)C(F)(F)F)n2)cc1N. The molecule has 0 radical (unpaired) electrons. The van der Waals surface area contributed by atoms with E-state index in [0.29, 0.717) is 4.68 Å². The first kappa shape index (κ1) is 17.6. The van der Waals surface area contributed by atoms with Crippen LogP contribution < -0.4 is 5.73 Å². The number of hydrogen-bond donors (Lipinski definition) is 1. The number of pyridine rings is 1. The molecule has 2 aromatic rings. The van der Waals surface area contributed by atoms with Crippen LogP contribution in [0.1, 0.15) is 10.5 Å². The first-order valence-electron chi connectivity index (χ1n) is 6.37. The zero-order valence-electron chi connectivity index (χ0n) is 12.1. The lowest BCUT2D eigenvalue weighted by atomic mass is 10.2. The maximum absolute atomic E-state index is 13.0. The van der Waals surface area contributed by atoms with Crippen LogP contribution in [0.2, 0.25) is 0 Å². The summed E-state index contributed by atoms with van der Waals surface area (Å²) in [6, 6.07) is 2.51. The normalized spacial score (nSPS) is 12.2. The summed E-state index contributed by atoms with van der Waals surface area (Å²) in [5.74, 6) is -5.68. The summed E-state index contributed by atoms with van der Waals surface area (Å²) in [5.41, 5.74) is 5.76. The number of halogens is 5. The Bertz CT molecular complexity index is 757. The lowest BCUT2D eigenvalue weighted by Gasteiger charge is -2.19. The van der Waals surface area contributed by atoms with Crippen LogP contribution in [0.25, 0.3) is 11.3 Å². The van der Waals surface area contributed by atoms with E-state index in [9.17, 15) is 26.7 Å². The van der Waals surface area contributed by atoms with Gasteiger partial charge in [0.25, 0.3) is 0 Å².